The van der Waals surface area contributed by atoms with Gasteiger partial charge >= 0.3 is 0 Å². The fourth-order valence-corrected chi connectivity index (χ4v) is 2.32. The molecule has 2 aromatic carbocycles. The average molecular weight is 295 g/mol. The summed E-state index contributed by atoms with van der Waals surface area (Å²) < 4.78 is 0. The van der Waals surface area contributed by atoms with E-state index in [0.29, 0.717) is 5.56 Å². The zero-order valence-corrected chi connectivity index (χ0v) is 13.3. The number of hydrogen-bond donors (Lipinski definition) is 1. The maximum Gasteiger partial charge on any atom is 0.224 e. The van der Waals surface area contributed by atoms with Crippen LogP contribution in [0, 0.1) is 20.8 Å². The zero-order chi connectivity index (χ0) is 16.1. The first-order valence-corrected chi connectivity index (χ1v) is 7.43. The first-order chi connectivity index (χ1) is 10.5. The van der Waals surface area contributed by atoms with E-state index in [1.807, 2.05) is 63.2 Å². The summed E-state index contributed by atoms with van der Waals surface area (Å²) in [6.45, 7) is 5.82. The molecule has 2 rings (SSSR count). The van der Waals surface area contributed by atoms with Crippen molar-refractivity contribution in [1.82, 2.24) is 0 Å². The summed E-state index contributed by atoms with van der Waals surface area (Å²) in [5.41, 5.74) is 4.53. The highest BCUT2D eigenvalue weighted by molar-refractivity contribution is 6.01. The summed E-state index contributed by atoms with van der Waals surface area (Å²) in [6.07, 6.45) is 0.419. The maximum absolute atomic E-state index is 12.3. The molecule has 0 saturated heterocycles. The number of anilines is 1. The van der Waals surface area contributed by atoms with E-state index in [4.69, 9.17) is 0 Å². The number of benzene rings is 2. The topological polar surface area (TPSA) is 46.2 Å². The van der Waals surface area contributed by atoms with Crippen LogP contribution >= 0.6 is 0 Å². The molecule has 0 spiro atoms. The lowest BCUT2D eigenvalue weighted by Gasteiger charge is -2.09. The third-order valence-electron chi connectivity index (χ3n) is 3.69. The molecule has 3 heteroatoms. The molecule has 0 aliphatic rings. The van der Waals surface area contributed by atoms with Crippen LogP contribution in [0.3, 0.4) is 0 Å². The summed E-state index contributed by atoms with van der Waals surface area (Å²) in [6, 6.07) is 13.4. The zero-order valence-electron chi connectivity index (χ0n) is 13.3. The van der Waals surface area contributed by atoms with E-state index in [0.717, 1.165) is 22.4 Å². The van der Waals surface area contributed by atoms with Gasteiger partial charge < -0.3 is 5.32 Å². The molecule has 0 atom stereocenters. The molecule has 22 heavy (non-hydrogen) atoms. The van der Waals surface area contributed by atoms with Crippen molar-refractivity contribution in [3.8, 4) is 0 Å². The van der Waals surface area contributed by atoms with Crippen LogP contribution in [0.25, 0.3) is 0 Å². The van der Waals surface area contributed by atoms with E-state index in [1.165, 1.54) is 0 Å². The van der Waals surface area contributed by atoms with Crippen LogP contribution in [-0.4, -0.2) is 11.7 Å². The van der Waals surface area contributed by atoms with Gasteiger partial charge in [0, 0.05) is 24.1 Å². The Morgan fingerprint density at radius 1 is 0.909 bits per heavy atom. The van der Waals surface area contributed by atoms with Gasteiger partial charge in [-0.05, 0) is 44.0 Å². The minimum absolute atomic E-state index is 0.0149. The van der Waals surface area contributed by atoms with Crippen molar-refractivity contribution >= 4 is 17.4 Å². The number of ketones is 1. The number of amides is 1. The standard InChI is InChI=1S/C19H21NO2/c1-13-8-9-14(2)16(12-13)18(21)10-11-19(22)20-17-7-5-4-6-15(17)3/h4-9,12H,10-11H2,1-3H3,(H,20,22). The summed E-state index contributed by atoms with van der Waals surface area (Å²) in [5, 5.41) is 2.85. The minimum Gasteiger partial charge on any atom is -0.326 e. The lowest BCUT2D eigenvalue weighted by molar-refractivity contribution is -0.116. The molecule has 114 valence electrons. The third kappa shape index (κ3) is 4.04. The Labute approximate surface area is 131 Å². The van der Waals surface area contributed by atoms with E-state index >= 15 is 0 Å². The number of para-hydroxylation sites is 1. The van der Waals surface area contributed by atoms with E-state index in [9.17, 15) is 9.59 Å². The smallest absolute Gasteiger partial charge is 0.224 e. The predicted octanol–water partition coefficient (Wildman–Crippen LogP) is 4.21. The molecule has 1 N–H and O–H groups in total. The molecule has 1 amide bonds. The normalized spacial score (nSPS) is 10.3. The highest BCUT2D eigenvalue weighted by Crippen LogP contribution is 2.16. The molecule has 0 aliphatic carbocycles. The van der Waals surface area contributed by atoms with Gasteiger partial charge in [0.05, 0.1) is 0 Å². The molecule has 0 aliphatic heterocycles. The molecular formula is C19H21NO2. The lowest BCUT2D eigenvalue weighted by Crippen LogP contribution is -2.14. The second kappa shape index (κ2) is 7.03. The van der Waals surface area contributed by atoms with Crippen molar-refractivity contribution in [3.63, 3.8) is 0 Å². The van der Waals surface area contributed by atoms with E-state index in [1.54, 1.807) is 0 Å². The molecule has 0 aromatic heterocycles. The highest BCUT2D eigenvalue weighted by Gasteiger charge is 2.12. The first-order valence-electron chi connectivity index (χ1n) is 7.43. The summed E-state index contributed by atoms with van der Waals surface area (Å²) in [7, 11) is 0. The molecule has 0 unspecified atom stereocenters. The van der Waals surface area contributed by atoms with Crippen LogP contribution in [0.4, 0.5) is 5.69 Å². The van der Waals surface area contributed by atoms with Crippen molar-refractivity contribution in [2.75, 3.05) is 5.32 Å². The number of nitrogens with one attached hydrogen (secondary N) is 1. The number of carbonyl (C=O) groups is 2. The Morgan fingerprint density at radius 2 is 1.64 bits per heavy atom. The number of aryl methyl sites for hydroxylation is 3. The second-order valence-electron chi connectivity index (χ2n) is 5.60. The molecule has 3 nitrogen and oxygen atoms in total. The van der Waals surface area contributed by atoms with E-state index in [2.05, 4.69) is 5.32 Å². The molecular weight excluding hydrogens is 274 g/mol. The Balaban J connectivity index is 1.95. The van der Waals surface area contributed by atoms with Crippen LogP contribution < -0.4 is 5.32 Å². The van der Waals surface area contributed by atoms with Gasteiger partial charge in [-0.15, -0.1) is 0 Å². The molecule has 0 radical (unpaired) electrons. The summed E-state index contributed by atoms with van der Waals surface area (Å²) in [4.78, 5) is 24.3. The van der Waals surface area contributed by atoms with Gasteiger partial charge in [-0.1, -0.05) is 35.9 Å². The van der Waals surface area contributed by atoms with Crippen molar-refractivity contribution < 1.29 is 9.59 Å². The van der Waals surface area contributed by atoms with Gasteiger partial charge in [0.25, 0.3) is 0 Å². The van der Waals surface area contributed by atoms with Crippen LogP contribution in [0.5, 0.6) is 0 Å². The Bertz CT molecular complexity index is 704. The van der Waals surface area contributed by atoms with E-state index < -0.39 is 0 Å². The minimum atomic E-state index is -0.132. The van der Waals surface area contributed by atoms with Crippen molar-refractivity contribution in [1.29, 1.82) is 0 Å². The number of rotatable bonds is 5. The van der Waals surface area contributed by atoms with Gasteiger partial charge in [-0.3, -0.25) is 9.59 Å². The van der Waals surface area contributed by atoms with Crippen LogP contribution in [0.1, 0.15) is 39.9 Å². The first kappa shape index (κ1) is 16.0. The summed E-state index contributed by atoms with van der Waals surface area (Å²) in [5.74, 6) is -0.117. The SMILES string of the molecule is Cc1ccc(C)c(C(=O)CCC(=O)Nc2ccccc2C)c1. The Kier molecular flexibility index (Phi) is 5.10. The molecule has 0 saturated carbocycles. The second-order valence-corrected chi connectivity index (χ2v) is 5.60. The van der Waals surface area contributed by atoms with Gasteiger partial charge in [0.2, 0.25) is 5.91 Å². The van der Waals surface area contributed by atoms with Gasteiger partial charge in [-0.2, -0.15) is 0 Å². The number of Topliss-reactive ketones (excluding diaryl/α,β-unsaturated/α-hetero) is 1. The molecule has 0 bridgehead atoms. The van der Waals surface area contributed by atoms with Crippen LogP contribution in [-0.2, 0) is 4.79 Å². The molecule has 0 fully saturated rings. The van der Waals surface area contributed by atoms with Crippen molar-refractivity contribution in [2.45, 2.75) is 33.6 Å². The Hall–Kier alpha value is -2.42. The number of hydrogen-bond acceptors (Lipinski definition) is 2. The van der Waals surface area contributed by atoms with Crippen molar-refractivity contribution in [3.05, 3.63) is 64.7 Å². The fourth-order valence-electron chi connectivity index (χ4n) is 2.32. The average Bonchev–Trinajstić information content (AvgIpc) is 2.49. The van der Waals surface area contributed by atoms with Crippen LogP contribution in [0.15, 0.2) is 42.5 Å². The van der Waals surface area contributed by atoms with E-state index in [-0.39, 0.29) is 24.5 Å². The summed E-state index contributed by atoms with van der Waals surface area (Å²) >= 11 is 0. The number of carbonyl (C=O) groups excluding carboxylic acids is 2. The highest BCUT2D eigenvalue weighted by atomic mass is 16.2. The third-order valence-corrected chi connectivity index (χ3v) is 3.69. The quantitative estimate of drug-likeness (QED) is 0.840. The largest absolute Gasteiger partial charge is 0.326 e. The van der Waals surface area contributed by atoms with Gasteiger partial charge in [0.1, 0.15) is 0 Å². The maximum atomic E-state index is 12.3. The monoisotopic (exact) mass is 295 g/mol. The van der Waals surface area contributed by atoms with Gasteiger partial charge in [0.15, 0.2) is 5.78 Å². The molecule has 0 heterocycles. The van der Waals surface area contributed by atoms with Crippen LogP contribution in [0.2, 0.25) is 0 Å². The predicted molar refractivity (Wildman–Crippen MR) is 89.3 cm³/mol. The van der Waals surface area contributed by atoms with Crippen molar-refractivity contribution in [2.24, 2.45) is 0 Å². The van der Waals surface area contributed by atoms with Gasteiger partial charge in [-0.25, -0.2) is 0 Å². The lowest BCUT2D eigenvalue weighted by atomic mass is 9.99. The fraction of sp³-hybridized carbons (Fsp3) is 0.263. The Morgan fingerprint density at radius 3 is 2.36 bits per heavy atom. The molecule has 2 aromatic rings.